The molecule has 0 amide bonds. The molecule has 0 aromatic carbocycles. The summed E-state index contributed by atoms with van der Waals surface area (Å²) in [5.41, 5.74) is 0. The summed E-state index contributed by atoms with van der Waals surface area (Å²) in [5.74, 6) is 0.715. The molecule has 6 heteroatoms. The van der Waals surface area contributed by atoms with Crippen LogP contribution >= 0.6 is 0 Å². The number of pyridine rings is 1. The molecule has 1 N–H and O–H groups in total. The number of sulfonamides is 1. The Morgan fingerprint density at radius 1 is 1.30 bits per heavy atom. The first kappa shape index (κ1) is 16.9. The SMILES string of the molecule is CCCCCC(C)Nc1ccc(S(=O)(=O)N(C)C)cn1. The summed E-state index contributed by atoms with van der Waals surface area (Å²) in [6, 6.07) is 3.64. The van der Waals surface area contributed by atoms with Gasteiger partial charge < -0.3 is 5.32 Å². The first-order chi connectivity index (χ1) is 9.37. The van der Waals surface area contributed by atoms with Crippen LogP contribution in [-0.4, -0.2) is 37.8 Å². The van der Waals surface area contributed by atoms with E-state index in [0.717, 1.165) is 6.42 Å². The lowest BCUT2D eigenvalue weighted by molar-refractivity contribution is 0.520. The molecule has 1 unspecified atom stereocenters. The van der Waals surface area contributed by atoms with Crippen molar-refractivity contribution in [1.29, 1.82) is 0 Å². The summed E-state index contributed by atoms with van der Waals surface area (Å²) in [6.07, 6.45) is 6.13. The number of nitrogens with one attached hydrogen (secondary N) is 1. The van der Waals surface area contributed by atoms with E-state index in [1.165, 1.54) is 43.9 Å². The first-order valence-corrected chi connectivity index (χ1v) is 8.47. The van der Waals surface area contributed by atoms with Gasteiger partial charge in [-0.25, -0.2) is 17.7 Å². The van der Waals surface area contributed by atoms with Crippen molar-refractivity contribution >= 4 is 15.8 Å². The van der Waals surface area contributed by atoms with Crippen molar-refractivity contribution in [2.24, 2.45) is 0 Å². The van der Waals surface area contributed by atoms with Crippen LogP contribution in [0.2, 0.25) is 0 Å². The zero-order valence-corrected chi connectivity index (χ0v) is 13.6. The van der Waals surface area contributed by atoms with Gasteiger partial charge in [-0.2, -0.15) is 0 Å². The highest BCUT2D eigenvalue weighted by atomic mass is 32.2. The predicted molar refractivity (Wildman–Crippen MR) is 82.3 cm³/mol. The van der Waals surface area contributed by atoms with Crippen molar-refractivity contribution in [3.05, 3.63) is 18.3 Å². The van der Waals surface area contributed by atoms with Crippen molar-refractivity contribution in [2.45, 2.75) is 50.5 Å². The summed E-state index contributed by atoms with van der Waals surface area (Å²) in [5, 5.41) is 3.29. The van der Waals surface area contributed by atoms with E-state index < -0.39 is 10.0 Å². The molecule has 0 radical (unpaired) electrons. The topological polar surface area (TPSA) is 62.3 Å². The Morgan fingerprint density at radius 3 is 2.50 bits per heavy atom. The summed E-state index contributed by atoms with van der Waals surface area (Å²) < 4.78 is 25.0. The number of nitrogens with zero attached hydrogens (tertiary/aromatic N) is 2. The molecular formula is C14H25N3O2S. The molecule has 0 aliphatic carbocycles. The molecule has 5 nitrogen and oxygen atoms in total. The van der Waals surface area contributed by atoms with Crippen molar-refractivity contribution < 1.29 is 8.42 Å². The normalized spacial score (nSPS) is 13.4. The summed E-state index contributed by atoms with van der Waals surface area (Å²) >= 11 is 0. The Morgan fingerprint density at radius 2 is 2.00 bits per heavy atom. The average Bonchev–Trinajstić information content (AvgIpc) is 2.39. The monoisotopic (exact) mass is 299 g/mol. The standard InChI is InChI=1S/C14H25N3O2S/c1-5-6-7-8-12(2)16-14-10-9-13(11-15-14)20(18,19)17(3)4/h9-12H,5-8H2,1-4H3,(H,15,16). The fourth-order valence-corrected chi connectivity index (χ4v) is 2.70. The molecule has 20 heavy (non-hydrogen) atoms. The van der Waals surface area contributed by atoms with Crippen molar-refractivity contribution in [1.82, 2.24) is 9.29 Å². The van der Waals surface area contributed by atoms with E-state index in [1.54, 1.807) is 12.1 Å². The highest BCUT2D eigenvalue weighted by Gasteiger charge is 2.17. The lowest BCUT2D eigenvalue weighted by Crippen LogP contribution is -2.22. The Labute approximate surface area is 122 Å². The van der Waals surface area contributed by atoms with E-state index in [-0.39, 0.29) is 4.90 Å². The lowest BCUT2D eigenvalue weighted by Gasteiger charge is -2.15. The van der Waals surface area contributed by atoms with E-state index in [0.29, 0.717) is 11.9 Å². The van der Waals surface area contributed by atoms with E-state index >= 15 is 0 Å². The summed E-state index contributed by atoms with van der Waals surface area (Å²) in [4.78, 5) is 4.39. The molecule has 1 atom stereocenters. The lowest BCUT2D eigenvalue weighted by atomic mass is 10.1. The predicted octanol–water partition coefficient (Wildman–Crippen LogP) is 2.71. The zero-order valence-electron chi connectivity index (χ0n) is 12.8. The molecule has 0 aliphatic rings. The fourth-order valence-electron chi connectivity index (χ4n) is 1.85. The van der Waals surface area contributed by atoms with Crippen LogP contribution in [0.4, 0.5) is 5.82 Å². The maximum atomic E-state index is 11.9. The van der Waals surface area contributed by atoms with E-state index in [2.05, 4.69) is 24.1 Å². The van der Waals surface area contributed by atoms with Gasteiger partial charge in [0, 0.05) is 26.3 Å². The Balaban J connectivity index is 2.63. The molecule has 114 valence electrons. The number of anilines is 1. The van der Waals surface area contributed by atoms with Gasteiger partial charge in [0.05, 0.1) is 0 Å². The Kier molecular flexibility index (Phi) is 6.42. The number of rotatable bonds is 8. The fraction of sp³-hybridized carbons (Fsp3) is 0.643. The van der Waals surface area contributed by atoms with Crippen LogP contribution in [0, 0.1) is 0 Å². The third-order valence-electron chi connectivity index (χ3n) is 3.15. The molecule has 1 aromatic rings. The van der Waals surface area contributed by atoms with E-state index in [9.17, 15) is 8.42 Å². The van der Waals surface area contributed by atoms with Crippen LogP contribution in [0.5, 0.6) is 0 Å². The molecule has 0 spiro atoms. The van der Waals surface area contributed by atoms with Gasteiger partial charge in [-0.3, -0.25) is 0 Å². The molecular weight excluding hydrogens is 274 g/mol. The highest BCUT2D eigenvalue weighted by Crippen LogP contribution is 2.15. The third kappa shape index (κ3) is 4.76. The zero-order chi connectivity index (χ0) is 15.2. The van der Waals surface area contributed by atoms with E-state index in [1.807, 2.05) is 0 Å². The highest BCUT2D eigenvalue weighted by molar-refractivity contribution is 7.89. The van der Waals surface area contributed by atoms with Crippen molar-refractivity contribution in [3.8, 4) is 0 Å². The second-order valence-electron chi connectivity index (χ2n) is 5.21. The minimum atomic E-state index is -3.40. The van der Waals surface area contributed by atoms with Crippen LogP contribution in [0.25, 0.3) is 0 Å². The molecule has 0 bridgehead atoms. The van der Waals surface area contributed by atoms with Crippen LogP contribution in [-0.2, 0) is 10.0 Å². The van der Waals surface area contributed by atoms with Crippen molar-refractivity contribution in [2.75, 3.05) is 19.4 Å². The van der Waals surface area contributed by atoms with Gasteiger partial charge in [-0.05, 0) is 25.5 Å². The summed E-state index contributed by atoms with van der Waals surface area (Å²) in [7, 11) is -0.374. The smallest absolute Gasteiger partial charge is 0.244 e. The molecule has 1 aromatic heterocycles. The second kappa shape index (κ2) is 7.59. The number of hydrogen-bond acceptors (Lipinski definition) is 4. The largest absolute Gasteiger partial charge is 0.368 e. The van der Waals surface area contributed by atoms with Gasteiger partial charge in [0.2, 0.25) is 10.0 Å². The number of aromatic nitrogens is 1. The Bertz CT molecular complexity index is 498. The minimum absolute atomic E-state index is 0.215. The second-order valence-corrected chi connectivity index (χ2v) is 7.36. The van der Waals surface area contributed by atoms with Crippen molar-refractivity contribution in [3.63, 3.8) is 0 Å². The van der Waals surface area contributed by atoms with Gasteiger partial charge in [-0.15, -0.1) is 0 Å². The van der Waals surface area contributed by atoms with E-state index in [4.69, 9.17) is 0 Å². The van der Waals surface area contributed by atoms with Crippen LogP contribution < -0.4 is 5.32 Å². The van der Waals surface area contributed by atoms with Gasteiger partial charge in [-0.1, -0.05) is 26.2 Å². The molecule has 0 saturated heterocycles. The van der Waals surface area contributed by atoms with Gasteiger partial charge in [0.25, 0.3) is 0 Å². The molecule has 0 aliphatic heterocycles. The maximum Gasteiger partial charge on any atom is 0.244 e. The van der Waals surface area contributed by atoms with Gasteiger partial charge in [0.1, 0.15) is 10.7 Å². The first-order valence-electron chi connectivity index (χ1n) is 7.03. The molecule has 0 fully saturated rings. The molecule has 0 saturated carbocycles. The maximum absolute atomic E-state index is 11.9. The van der Waals surface area contributed by atoms with Crippen LogP contribution in [0.1, 0.15) is 39.5 Å². The molecule has 1 rings (SSSR count). The van der Waals surface area contributed by atoms with Gasteiger partial charge >= 0.3 is 0 Å². The molecule has 1 heterocycles. The number of unbranched alkanes of at least 4 members (excludes halogenated alkanes) is 2. The van der Waals surface area contributed by atoms with Gasteiger partial charge in [0.15, 0.2) is 0 Å². The van der Waals surface area contributed by atoms with Crippen LogP contribution in [0.15, 0.2) is 23.2 Å². The minimum Gasteiger partial charge on any atom is -0.368 e. The van der Waals surface area contributed by atoms with Crippen LogP contribution in [0.3, 0.4) is 0 Å². The Hall–Kier alpha value is -1.14. The summed E-state index contributed by atoms with van der Waals surface area (Å²) in [6.45, 7) is 4.30. The number of hydrogen-bond donors (Lipinski definition) is 1. The average molecular weight is 299 g/mol. The quantitative estimate of drug-likeness (QED) is 0.750. The third-order valence-corrected chi connectivity index (χ3v) is 4.95.